The first-order valence-electron chi connectivity index (χ1n) is 24.3. The van der Waals surface area contributed by atoms with E-state index in [-0.39, 0.29) is 0 Å². The van der Waals surface area contributed by atoms with Crippen LogP contribution < -0.4 is 5.32 Å². The van der Waals surface area contributed by atoms with Crippen molar-refractivity contribution in [1.29, 1.82) is 0 Å². The zero-order valence-electron chi connectivity index (χ0n) is 34.6. The Morgan fingerprint density at radius 3 is 2.18 bits per heavy atom. The minimum absolute atomic E-state index is 0.460. The second-order valence-electron chi connectivity index (χ2n) is 20.3. The Kier molecular flexibility index (Phi) is 10.9. The fourth-order valence-corrected chi connectivity index (χ4v) is 16.4. The molecular weight excluding hydrogens is 709 g/mol. The molecule has 9 aliphatic carbocycles. The maximum atomic E-state index is 4.37. The summed E-state index contributed by atoms with van der Waals surface area (Å²) in [5.41, 5.74) is 3.30. The molecule has 2 fully saturated rings. The minimum atomic E-state index is 0.460. The van der Waals surface area contributed by atoms with Gasteiger partial charge in [0.05, 0.1) is 0 Å². The zero-order chi connectivity index (χ0) is 37.7. The standard InChI is InChI=1S/C54H70N2S/c1-3-14-36(15-4-1)39-16-13-17-41(34-39)44-32-33-49(54-53(44)47-22-9-12-25-52(47)57-54)55-48-23-10-7-20-43(48)38-28-26-37(27-29-38)40-30-31-46-45-21-8-11-24-50(45)56(51(46)35-40)42-18-5-2-6-19-42/h3,5,8-10,13-14,17-18,21-23,26,28,30-31,34,36-40,42-48,50-53,55H,1-2,4,6-7,11-12,15-16,19-20,24-25,27,29,32-33,35H2. The molecule has 0 radical (unpaired) electrons. The van der Waals surface area contributed by atoms with Crippen LogP contribution in [0.15, 0.2) is 119 Å². The van der Waals surface area contributed by atoms with Gasteiger partial charge in [-0.15, -0.1) is 11.8 Å². The van der Waals surface area contributed by atoms with Crippen LogP contribution in [0.1, 0.15) is 116 Å². The molecule has 2 heterocycles. The molecule has 1 N–H and O–H groups in total. The van der Waals surface area contributed by atoms with Gasteiger partial charge in [0, 0.05) is 57.8 Å². The summed E-state index contributed by atoms with van der Waals surface area (Å²) in [6, 6.07) is 2.59. The molecule has 11 rings (SSSR count). The van der Waals surface area contributed by atoms with Crippen molar-refractivity contribution in [1.82, 2.24) is 10.2 Å². The molecule has 0 aromatic rings. The summed E-state index contributed by atoms with van der Waals surface area (Å²) in [6.07, 6.45) is 67.9. The molecule has 0 amide bonds. The van der Waals surface area contributed by atoms with E-state index in [0.29, 0.717) is 65.3 Å². The van der Waals surface area contributed by atoms with Gasteiger partial charge in [0.25, 0.3) is 0 Å². The van der Waals surface area contributed by atoms with Gasteiger partial charge in [-0.3, -0.25) is 4.90 Å². The summed E-state index contributed by atoms with van der Waals surface area (Å²) >= 11 is 2.29. The summed E-state index contributed by atoms with van der Waals surface area (Å²) in [6.45, 7) is 0. The first kappa shape index (κ1) is 37.5. The lowest BCUT2D eigenvalue weighted by Gasteiger charge is -2.43. The van der Waals surface area contributed by atoms with E-state index < -0.39 is 0 Å². The topological polar surface area (TPSA) is 15.3 Å². The van der Waals surface area contributed by atoms with Gasteiger partial charge in [-0.2, -0.15) is 0 Å². The van der Waals surface area contributed by atoms with Crippen LogP contribution in [0.4, 0.5) is 0 Å². The van der Waals surface area contributed by atoms with Gasteiger partial charge in [-0.25, -0.2) is 0 Å². The summed E-state index contributed by atoms with van der Waals surface area (Å²) in [7, 11) is 0. The Bertz CT molecular complexity index is 1800. The number of rotatable bonds is 7. The second kappa shape index (κ2) is 16.5. The van der Waals surface area contributed by atoms with E-state index >= 15 is 0 Å². The first-order chi connectivity index (χ1) is 28.3. The quantitative estimate of drug-likeness (QED) is 0.259. The Labute approximate surface area is 350 Å². The number of fused-ring (bicyclic) bond motifs is 6. The lowest BCUT2D eigenvalue weighted by molar-refractivity contribution is 0.106. The molecular formula is C54H70N2S. The van der Waals surface area contributed by atoms with Crippen molar-refractivity contribution in [3.05, 3.63) is 119 Å². The maximum Gasteiger partial charge on any atom is 0.0475 e. The number of likely N-dealkylation sites (tertiary alicyclic amines) is 1. The Morgan fingerprint density at radius 1 is 0.561 bits per heavy atom. The predicted molar refractivity (Wildman–Crippen MR) is 241 cm³/mol. The third-order valence-corrected chi connectivity index (χ3v) is 19.0. The molecule has 16 atom stereocenters. The predicted octanol–water partition coefficient (Wildman–Crippen LogP) is 13.0. The number of hydrogen-bond donors (Lipinski definition) is 1. The van der Waals surface area contributed by atoms with Gasteiger partial charge in [-0.1, -0.05) is 103 Å². The van der Waals surface area contributed by atoms with Crippen LogP contribution in [-0.4, -0.2) is 34.3 Å². The Balaban J connectivity index is 0.799. The highest BCUT2D eigenvalue weighted by molar-refractivity contribution is 8.04. The lowest BCUT2D eigenvalue weighted by Crippen LogP contribution is -2.47. The van der Waals surface area contributed by atoms with Crippen molar-refractivity contribution in [2.45, 2.75) is 145 Å². The largest absolute Gasteiger partial charge is 0.381 e. The van der Waals surface area contributed by atoms with Crippen LogP contribution in [0.2, 0.25) is 0 Å². The molecule has 16 unspecified atom stereocenters. The van der Waals surface area contributed by atoms with E-state index in [0.717, 1.165) is 29.2 Å². The molecule has 2 saturated heterocycles. The summed E-state index contributed by atoms with van der Waals surface area (Å²) in [5.74, 6) is 7.68. The van der Waals surface area contributed by atoms with Crippen molar-refractivity contribution < 1.29 is 0 Å². The molecule has 2 nitrogen and oxygen atoms in total. The number of nitrogens with one attached hydrogen (secondary N) is 1. The maximum absolute atomic E-state index is 4.37. The highest BCUT2D eigenvalue weighted by atomic mass is 32.2. The van der Waals surface area contributed by atoms with Crippen molar-refractivity contribution in [3.8, 4) is 0 Å². The number of nitrogens with zero attached hydrogens (tertiary/aromatic N) is 1. The molecule has 57 heavy (non-hydrogen) atoms. The average Bonchev–Trinajstić information content (AvgIpc) is 3.84. The number of allylic oxidation sites excluding steroid dienone is 16. The van der Waals surface area contributed by atoms with E-state index in [1.54, 1.807) is 16.2 Å². The second-order valence-corrected chi connectivity index (χ2v) is 21.6. The van der Waals surface area contributed by atoms with Crippen LogP contribution in [0.5, 0.6) is 0 Å². The summed E-state index contributed by atoms with van der Waals surface area (Å²) in [5, 5.41) is 5.13. The number of hydrogen-bond acceptors (Lipinski definition) is 3. The molecule has 302 valence electrons. The molecule has 0 aromatic heterocycles. The van der Waals surface area contributed by atoms with Crippen LogP contribution in [0.3, 0.4) is 0 Å². The molecule has 2 aliphatic heterocycles. The fourth-order valence-electron chi connectivity index (χ4n) is 14.6. The van der Waals surface area contributed by atoms with Crippen molar-refractivity contribution in [3.63, 3.8) is 0 Å². The van der Waals surface area contributed by atoms with Crippen molar-refractivity contribution in [2.24, 2.45) is 65.1 Å². The highest BCUT2D eigenvalue weighted by Gasteiger charge is 2.52. The van der Waals surface area contributed by atoms with Gasteiger partial charge < -0.3 is 5.32 Å². The third kappa shape index (κ3) is 7.19. The SMILES string of the molecule is C1=CC(C2C=C(C3CCC(NC4C=CCCC4C4C=CC(C5C=CC6C7C=CCCC7N(C7C=CCCC7)C6C5)CC4)=C4SC5CCC=CC5C43)C=CC2)CCC1. The zero-order valence-corrected chi connectivity index (χ0v) is 35.5. The van der Waals surface area contributed by atoms with Gasteiger partial charge in [-0.05, 0) is 168 Å². The van der Waals surface area contributed by atoms with Crippen LogP contribution in [0.25, 0.3) is 0 Å². The van der Waals surface area contributed by atoms with Gasteiger partial charge in [0.1, 0.15) is 0 Å². The molecule has 0 saturated carbocycles. The lowest BCUT2D eigenvalue weighted by atomic mass is 9.67. The smallest absolute Gasteiger partial charge is 0.0475 e. The summed E-state index contributed by atoms with van der Waals surface area (Å²) < 4.78 is 0. The van der Waals surface area contributed by atoms with Gasteiger partial charge in [0.2, 0.25) is 0 Å². The van der Waals surface area contributed by atoms with E-state index in [9.17, 15) is 0 Å². The molecule has 0 aromatic carbocycles. The van der Waals surface area contributed by atoms with Gasteiger partial charge >= 0.3 is 0 Å². The van der Waals surface area contributed by atoms with E-state index in [1.165, 1.54) is 116 Å². The Hall–Kier alpha value is -2.49. The first-order valence-corrected chi connectivity index (χ1v) is 25.2. The monoisotopic (exact) mass is 779 g/mol. The van der Waals surface area contributed by atoms with E-state index in [4.69, 9.17) is 0 Å². The van der Waals surface area contributed by atoms with Crippen LogP contribution in [-0.2, 0) is 0 Å². The number of thioether (sulfide) groups is 1. The van der Waals surface area contributed by atoms with Crippen LogP contribution in [0, 0.1) is 65.1 Å². The Morgan fingerprint density at radius 2 is 1.32 bits per heavy atom. The molecule has 3 heteroatoms. The fraction of sp³-hybridized carbons (Fsp3) is 0.630. The normalized spacial score (nSPS) is 46.1. The van der Waals surface area contributed by atoms with Crippen molar-refractivity contribution in [2.75, 3.05) is 0 Å². The van der Waals surface area contributed by atoms with Crippen LogP contribution >= 0.6 is 11.8 Å². The molecule has 0 bridgehead atoms. The summed E-state index contributed by atoms with van der Waals surface area (Å²) in [4.78, 5) is 4.81. The average molecular weight is 779 g/mol. The molecule has 11 aliphatic rings. The van der Waals surface area contributed by atoms with E-state index in [1.807, 2.05) is 0 Å². The highest BCUT2D eigenvalue weighted by Crippen LogP contribution is 2.59. The molecule has 0 spiro atoms. The minimum Gasteiger partial charge on any atom is -0.381 e. The third-order valence-electron chi connectivity index (χ3n) is 17.4. The van der Waals surface area contributed by atoms with Crippen molar-refractivity contribution >= 4 is 11.8 Å². The van der Waals surface area contributed by atoms with E-state index in [2.05, 4.69) is 125 Å². The van der Waals surface area contributed by atoms with Gasteiger partial charge in [0.15, 0.2) is 0 Å².